The number of ether oxygens (including phenoxy) is 1. The number of hydrogen-bond donors (Lipinski definition) is 1. The van der Waals surface area contributed by atoms with Gasteiger partial charge in [-0.2, -0.15) is 0 Å². The number of rotatable bonds is 4. The Hall–Kier alpha value is -2.17. The van der Waals surface area contributed by atoms with Gasteiger partial charge in [-0.15, -0.1) is 24.0 Å². The van der Waals surface area contributed by atoms with Gasteiger partial charge in [0.2, 0.25) is 5.95 Å². The fourth-order valence-corrected chi connectivity index (χ4v) is 2.91. The molecule has 0 spiro atoms. The molecular formula is C18H24FIN6O. The number of nitrogens with one attached hydrogen (secondary N) is 1. The number of aliphatic imine (C=N–C) groups is 1. The minimum atomic E-state index is -0.363. The van der Waals surface area contributed by atoms with Crippen molar-refractivity contribution in [2.45, 2.75) is 6.54 Å². The molecule has 0 saturated carbocycles. The molecule has 27 heavy (non-hydrogen) atoms. The maximum atomic E-state index is 13.8. The Bertz CT molecular complexity index is 753. The third-order valence-corrected chi connectivity index (χ3v) is 4.29. The first-order valence-corrected chi connectivity index (χ1v) is 8.51. The van der Waals surface area contributed by atoms with E-state index in [0.717, 1.165) is 43.7 Å². The molecule has 1 aromatic heterocycles. The van der Waals surface area contributed by atoms with E-state index in [1.807, 2.05) is 12.1 Å². The SMILES string of the molecule is CN=C(NCc1ccc(OC)c(F)c1)N1CCN(c2ncccn2)CC1.I. The third kappa shape index (κ3) is 5.41. The molecule has 0 bridgehead atoms. The van der Waals surface area contributed by atoms with Crippen molar-refractivity contribution in [2.24, 2.45) is 4.99 Å². The molecule has 2 aromatic rings. The molecule has 1 aliphatic heterocycles. The second-order valence-corrected chi connectivity index (χ2v) is 5.89. The summed E-state index contributed by atoms with van der Waals surface area (Å²) >= 11 is 0. The summed E-state index contributed by atoms with van der Waals surface area (Å²) < 4.78 is 18.8. The molecule has 3 rings (SSSR count). The van der Waals surface area contributed by atoms with E-state index in [-0.39, 0.29) is 35.5 Å². The molecule has 9 heteroatoms. The minimum Gasteiger partial charge on any atom is -0.494 e. The van der Waals surface area contributed by atoms with Crippen molar-refractivity contribution in [3.63, 3.8) is 0 Å². The fraction of sp³-hybridized carbons (Fsp3) is 0.389. The van der Waals surface area contributed by atoms with Crippen LogP contribution in [0.4, 0.5) is 10.3 Å². The quantitative estimate of drug-likeness (QED) is 0.406. The van der Waals surface area contributed by atoms with Crippen molar-refractivity contribution < 1.29 is 9.13 Å². The Morgan fingerprint density at radius 2 is 1.93 bits per heavy atom. The molecule has 2 heterocycles. The number of nitrogens with zero attached hydrogens (tertiary/aromatic N) is 5. The number of methoxy groups -OCH3 is 1. The minimum absolute atomic E-state index is 0. The van der Waals surface area contributed by atoms with E-state index in [9.17, 15) is 4.39 Å². The molecule has 0 atom stereocenters. The molecule has 146 valence electrons. The lowest BCUT2D eigenvalue weighted by Gasteiger charge is -2.36. The van der Waals surface area contributed by atoms with Crippen LogP contribution < -0.4 is 15.0 Å². The Kier molecular flexibility index (Phi) is 8.01. The van der Waals surface area contributed by atoms with Crippen LogP contribution in [-0.4, -0.2) is 61.2 Å². The van der Waals surface area contributed by atoms with Gasteiger partial charge in [-0.25, -0.2) is 14.4 Å². The monoisotopic (exact) mass is 486 g/mol. The highest BCUT2D eigenvalue weighted by Gasteiger charge is 2.21. The fourth-order valence-electron chi connectivity index (χ4n) is 2.91. The van der Waals surface area contributed by atoms with Crippen LogP contribution in [0.5, 0.6) is 5.75 Å². The predicted molar refractivity (Wildman–Crippen MR) is 114 cm³/mol. The molecule has 0 radical (unpaired) electrons. The van der Waals surface area contributed by atoms with E-state index < -0.39 is 0 Å². The van der Waals surface area contributed by atoms with Crippen LogP contribution in [-0.2, 0) is 6.54 Å². The van der Waals surface area contributed by atoms with Gasteiger partial charge < -0.3 is 19.9 Å². The van der Waals surface area contributed by atoms with Gasteiger partial charge in [0.1, 0.15) is 0 Å². The van der Waals surface area contributed by atoms with Crippen LogP contribution in [0.1, 0.15) is 5.56 Å². The number of hydrogen-bond acceptors (Lipinski definition) is 5. The summed E-state index contributed by atoms with van der Waals surface area (Å²) in [6, 6.07) is 6.76. The maximum absolute atomic E-state index is 13.8. The van der Waals surface area contributed by atoms with Gasteiger partial charge in [-0.05, 0) is 23.8 Å². The molecule has 1 aromatic carbocycles. The van der Waals surface area contributed by atoms with Crippen molar-refractivity contribution in [1.29, 1.82) is 0 Å². The van der Waals surface area contributed by atoms with Gasteiger partial charge in [0.15, 0.2) is 17.5 Å². The van der Waals surface area contributed by atoms with Crippen LogP contribution in [0.15, 0.2) is 41.7 Å². The van der Waals surface area contributed by atoms with E-state index in [4.69, 9.17) is 4.74 Å². The Labute approximate surface area is 175 Å². The number of anilines is 1. The summed E-state index contributed by atoms with van der Waals surface area (Å²) in [4.78, 5) is 17.3. The van der Waals surface area contributed by atoms with E-state index in [2.05, 4.69) is 30.1 Å². The van der Waals surface area contributed by atoms with Gasteiger partial charge in [0.05, 0.1) is 7.11 Å². The van der Waals surface area contributed by atoms with Crippen molar-refractivity contribution >= 4 is 35.9 Å². The topological polar surface area (TPSA) is 65.9 Å². The van der Waals surface area contributed by atoms with Crippen molar-refractivity contribution in [2.75, 3.05) is 45.2 Å². The molecule has 0 aliphatic carbocycles. The molecule has 1 saturated heterocycles. The smallest absolute Gasteiger partial charge is 0.225 e. The Balaban J connectivity index is 0.00000261. The first kappa shape index (κ1) is 21.1. The maximum Gasteiger partial charge on any atom is 0.225 e. The average molecular weight is 486 g/mol. The van der Waals surface area contributed by atoms with E-state index >= 15 is 0 Å². The number of guanidine groups is 1. The lowest BCUT2D eigenvalue weighted by Crippen LogP contribution is -2.52. The second-order valence-electron chi connectivity index (χ2n) is 5.89. The van der Waals surface area contributed by atoms with E-state index in [1.165, 1.54) is 13.2 Å². The highest BCUT2D eigenvalue weighted by atomic mass is 127. The van der Waals surface area contributed by atoms with Gasteiger partial charge in [-0.1, -0.05) is 6.07 Å². The predicted octanol–water partition coefficient (Wildman–Crippen LogP) is 2.14. The Morgan fingerprint density at radius 1 is 1.22 bits per heavy atom. The second kappa shape index (κ2) is 10.2. The molecule has 7 nitrogen and oxygen atoms in total. The largest absolute Gasteiger partial charge is 0.494 e. The van der Waals surface area contributed by atoms with Gasteiger partial charge >= 0.3 is 0 Å². The zero-order chi connectivity index (χ0) is 18.4. The van der Waals surface area contributed by atoms with Crippen molar-refractivity contribution in [3.05, 3.63) is 48.0 Å². The Morgan fingerprint density at radius 3 is 2.52 bits per heavy atom. The average Bonchev–Trinajstić information content (AvgIpc) is 2.70. The number of aromatic nitrogens is 2. The van der Waals surface area contributed by atoms with Crippen molar-refractivity contribution in [3.8, 4) is 5.75 Å². The zero-order valence-electron chi connectivity index (χ0n) is 15.4. The summed E-state index contributed by atoms with van der Waals surface area (Å²) in [7, 11) is 3.21. The summed E-state index contributed by atoms with van der Waals surface area (Å²) in [5.74, 6) is 1.44. The summed E-state index contributed by atoms with van der Waals surface area (Å²) in [6.45, 7) is 3.77. The van der Waals surface area contributed by atoms with Crippen LogP contribution in [0.25, 0.3) is 0 Å². The van der Waals surface area contributed by atoms with E-state index in [1.54, 1.807) is 25.5 Å². The van der Waals surface area contributed by atoms with Gasteiger partial charge in [0, 0.05) is 52.2 Å². The van der Waals surface area contributed by atoms with Crippen LogP contribution in [0.2, 0.25) is 0 Å². The van der Waals surface area contributed by atoms with Gasteiger partial charge in [0.25, 0.3) is 0 Å². The normalized spacial score (nSPS) is 14.6. The first-order valence-electron chi connectivity index (χ1n) is 8.51. The van der Waals surface area contributed by atoms with E-state index in [0.29, 0.717) is 6.54 Å². The van der Waals surface area contributed by atoms with Gasteiger partial charge in [-0.3, -0.25) is 4.99 Å². The summed E-state index contributed by atoms with van der Waals surface area (Å²) in [5.41, 5.74) is 0.834. The number of benzene rings is 1. The molecule has 1 fully saturated rings. The highest BCUT2D eigenvalue weighted by molar-refractivity contribution is 14.0. The van der Waals surface area contributed by atoms with Crippen LogP contribution >= 0.6 is 24.0 Å². The molecule has 0 amide bonds. The number of halogens is 2. The molecular weight excluding hydrogens is 462 g/mol. The van der Waals surface area contributed by atoms with Crippen molar-refractivity contribution in [1.82, 2.24) is 20.2 Å². The summed E-state index contributed by atoms with van der Waals surface area (Å²) in [5, 5.41) is 3.29. The molecule has 0 unspecified atom stereocenters. The lowest BCUT2D eigenvalue weighted by atomic mass is 10.2. The molecule has 1 N–H and O–H groups in total. The highest BCUT2D eigenvalue weighted by Crippen LogP contribution is 2.17. The zero-order valence-corrected chi connectivity index (χ0v) is 17.8. The summed E-state index contributed by atoms with van der Waals surface area (Å²) in [6.07, 6.45) is 3.51. The standard InChI is InChI=1S/C18H23FN6O.HI/c1-20-17(23-13-14-4-5-16(26-2)15(19)12-14)24-8-10-25(11-9-24)18-21-6-3-7-22-18;/h3-7,12H,8-11,13H2,1-2H3,(H,20,23);1H. The molecule has 1 aliphatic rings. The number of piperazine rings is 1. The van der Waals surface area contributed by atoms with Crippen LogP contribution in [0.3, 0.4) is 0 Å². The lowest BCUT2D eigenvalue weighted by molar-refractivity contribution is 0.369. The third-order valence-electron chi connectivity index (χ3n) is 4.29. The van der Waals surface area contributed by atoms with Crippen LogP contribution in [0, 0.1) is 5.82 Å². The first-order chi connectivity index (χ1) is 12.7.